The van der Waals surface area contributed by atoms with Gasteiger partial charge in [0.15, 0.2) is 0 Å². The molecule has 0 aliphatic rings. The van der Waals surface area contributed by atoms with Gasteiger partial charge < -0.3 is 10.5 Å². The maximum Gasteiger partial charge on any atom is 0.106 e. The average Bonchev–Trinajstić information content (AvgIpc) is 2.62. The Labute approximate surface area is 103 Å². The molecule has 0 radical (unpaired) electrons. The Morgan fingerprint density at radius 3 is 2.56 bits per heavy atom. The van der Waals surface area contributed by atoms with Gasteiger partial charge in [-0.3, -0.25) is 0 Å². The summed E-state index contributed by atoms with van der Waals surface area (Å²) in [5.41, 5.74) is 6.28. The van der Waals surface area contributed by atoms with E-state index in [1.807, 2.05) is 13.0 Å². The van der Waals surface area contributed by atoms with Crippen molar-refractivity contribution in [2.24, 2.45) is 11.1 Å². The van der Waals surface area contributed by atoms with E-state index in [-0.39, 0.29) is 12.1 Å². The molecule has 2 atom stereocenters. The van der Waals surface area contributed by atoms with E-state index in [9.17, 15) is 0 Å². The zero-order valence-corrected chi connectivity index (χ0v) is 11.5. The van der Waals surface area contributed by atoms with E-state index in [0.29, 0.717) is 5.41 Å². The molecule has 0 bridgehead atoms. The van der Waals surface area contributed by atoms with Crippen LogP contribution in [0.2, 0.25) is 0 Å². The second-order valence-corrected chi connectivity index (χ2v) is 6.46. The van der Waals surface area contributed by atoms with Crippen LogP contribution in [0, 0.1) is 5.41 Å². The molecule has 16 heavy (non-hydrogen) atoms. The second kappa shape index (κ2) is 5.80. The van der Waals surface area contributed by atoms with Crippen LogP contribution in [-0.2, 0) is 4.74 Å². The maximum atomic E-state index is 5.96. The summed E-state index contributed by atoms with van der Waals surface area (Å²) in [7, 11) is 0. The van der Waals surface area contributed by atoms with E-state index in [2.05, 4.69) is 32.2 Å². The van der Waals surface area contributed by atoms with E-state index in [4.69, 9.17) is 10.5 Å². The number of thiophene rings is 1. The lowest BCUT2D eigenvalue weighted by atomic mass is 9.93. The minimum Gasteiger partial charge on any atom is -0.371 e. The topological polar surface area (TPSA) is 35.2 Å². The molecule has 2 N–H and O–H groups in total. The molecule has 92 valence electrons. The van der Waals surface area contributed by atoms with E-state index in [0.717, 1.165) is 13.0 Å². The van der Waals surface area contributed by atoms with Gasteiger partial charge in [0.25, 0.3) is 0 Å². The lowest BCUT2D eigenvalue weighted by molar-refractivity contribution is 0.0263. The molecule has 0 saturated carbocycles. The van der Waals surface area contributed by atoms with Crippen LogP contribution >= 0.6 is 11.3 Å². The highest BCUT2D eigenvalue weighted by Gasteiger charge is 2.19. The second-order valence-electron chi connectivity index (χ2n) is 5.48. The summed E-state index contributed by atoms with van der Waals surface area (Å²) in [5, 5.41) is 2.07. The molecule has 0 amide bonds. The van der Waals surface area contributed by atoms with Crippen LogP contribution in [0.5, 0.6) is 0 Å². The van der Waals surface area contributed by atoms with Crippen molar-refractivity contribution in [2.75, 3.05) is 6.61 Å². The molecule has 1 rings (SSSR count). The van der Waals surface area contributed by atoms with Crippen molar-refractivity contribution in [3.63, 3.8) is 0 Å². The summed E-state index contributed by atoms with van der Waals surface area (Å²) in [6.07, 6.45) is 1.10. The van der Waals surface area contributed by atoms with Crippen molar-refractivity contribution in [1.29, 1.82) is 0 Å². The zero-order valence-electron chi connectivity index (χ0n) is 10.7. The van der Waals surface area contributed by atoms with Gasteiger partial charge in [0.05, 0.1) is 0 Å². The van der Waals surface area contributed by atoms with Crippen molar-refractivity contribution in [2.45, 2.75) is 46.3 Å². The Morgan fingerprint density at radius 2 is 2.12 bits per heavy atom. The van der Waals surface area contributed by atoms with Gasteiger partial charge in [-0.05, 0) is 30.2 Å². The first-order valence-corrected chi connectivity index (χ1v) is 6.69. The van der Waals surface area contributed by atoms with Gasteiger partial charge in [-0.1, -0.05) is 26.8 Å². The first-order chi connectivity index (χ1) is 7.40. The van der Waals surface area contributed by atoms with Crippen molar-refractivity contribution in [3.05, 3.63) is 22.4 Å². The van der Waals surface area contributed by atoms with Gasteiger partial charge in [0, 0.05) is 17.5 Å². The molecule has 0 saturated heterocycles. The summed E-state index contributed by atoms with van der Waals surface area (Å²) < 4.78 is 5.91. The number of hydrogen-bond donors (Lipinski definition) is 1. The Kier molecular flexibility index (Phi) is 4.96. The molecular weight excluding hydrogens is 218 g/mol. The van der Waals surface area contributed by atoms with E-state index >= 15 is 0 Å². The average molecular weight is 241 g/mol. The molecule has 2 nitrogen and oxygen atoms in total. The number of nitrogens with two attached hydrogens (primary N) is 1. The van der Waals surface area contributed by atoms with Crippen molar-refractivity contribution in [1.82, 2.24) is 0 Å². The first-order valence-electron chi connectivity index (χ1n) is 5.81. The van der Waals surface area contributed by atoms with Crippen LogP contribution in [0.1, 0.15) is 45.1 Å². The Bertz CT molecular complexity index is 287. The third-order valence-electron chi connectivity index (χ3n) is 2.45. The minimum atomic E-state index is 0.0404. The fourth-order valence-corrected chi connectivity index (χ4v) is 2.33. The summed E-state index contributed by atoms with van der Waals surface area (Å²) >= 11 is 1.71. The van der Waals surface area contributed by atoms with Gasteiger partial charge in [-0.2, -0.15) is 0 Å². The summed E-state index contributed by atoms with van der Waals surface area (Å²) in [6, 6.07) is 4.18. The molecule has 3 heteroatoms. The van der Waals surface area contributed by atoms with E-state index in [1.165, 1.54) is 4.88 Å². The predicted octanol–water partition coefficient (Wildman–Crippen LogP) is 3.59. The Balaban J connectivity index is 2.48. The zero-order chi connectivity index (χ0) is 12.2. The lowest BCUT2D eigenvalue weighted by Gasteiger charge is -2.23. The van der Waals surface area contributed by atoms with Crippen LogP contribution in [0.3, 0.4) is 0 Å². The molecule has 0 spiro atoms. The number of hydrogen-bond acceptors (Lipinski definition) is 3. The van der Waals surface area contributed by atoms with E-state index < -0.39 is 0 Å². The maximum absolute atomic E-state index is 5.96. The molecule has 0 fully saturated rings. The third-order valence-corrected chi connectivity index (χ3v) is 3.38. The molecule has 2 unspecified atom stereocenters. The monoisotopic (exact) mass is 241 g/mol. The molecular formula is C13H23NOS. The minimum absolute atomic E-state index is 0.0404. The van der Waals surface area contributed by atoms with Crippen molar-refractivity contribution in [3.8, 4) is 0 Å². The molecule has 1 heterocycles. The lowest BCUT2D eigenvalue weighted by Crippen LogP contribution is -2.27. The van der Waals surface area contributed by atoms with Gasteiger partial charge in [-0.25, -0.2) is 0 Å². The molecule has 1 aromatic heterocycles. The molecule has 0 aliphatic carbocycles. The summed E-state index contributed by atoms with van der Waals surface area (Å²) in [4.78, 5) is 1.23. The largest absolute Gasteiger partial charge is 0.371 e. The summed E-state index contributed by atoms with van der Waals surface area (Å²) in [6.45, 7) is 9.45. The molecule has 0 aromatic carbocycles. The SMILES string of the molecule is CC(N)C(OCCC(C)(C)C)c1cccs1. The van der Waals surface area contributed by atoms with Crippen molar-refractivity contribution < 1.29 is 4.74 Å². The predicted molar refractivity (Wildman–Crippen MR) is 70.7 cm³/mol. The van der Waals surface area contributed by atoms with Crippen LogP contribution < -0.4 is 5.73 Å². The Morgan fingerprint density at radius 1 is 1.44 bits per heavy atom. The highest BCUT2D eigenvalue weighted by Crippen LogP contribution is 2.26. The first kappa shape index (κ1) is 13.7. The van der Waals surface area contributed by atoms with Crippen LogP contribution in [0.4, 0.5) is 0 Å². The quantitative estimate of drug-likeness (QED) is 0.855. The summed E-state index contributed by atoms with van der Waals surface area (Å²) in [5.74, 6) is 0. The fraction of sp³-hybridized carbons (Fsp3) is 0.692. The number of rotatable bonds is 5. The normalized spacial score (nSPS) is 16.1. The van der Waals surface area contributed by atoms with Gasteiger partial charge >= 0.3 is 0 Å². The van der Waals surface area contributed by atoms with Crippen molar-refractivity contribution >= 4 is 11.3 Å². The van der Waals surface area contributed by atoms with Crippen LogP contribution in [0.15, 0.2) is 17.5 Å². The van der Waals surface area contributed by atoms with Gasteiger partial charge in [-0.15, -0.1) is 11.3 Å². The van der Waals surface area contributed by atoms with E-state index in [1.54, 1.807) is 11.3 Å². The third kappa shape index (κ3) is 4.64. The fourth-order valence-electron chi connectivity index (χ4n) is 1.44. The smallest absolute Gasteiger partial charge is 0.106 e. The Hall–Kier alpha value is -0.380. The van der Waals surface area contributed by atoms with Gasteiger partial charge in [0.1, 0.15) is 6.10 Å². The van der Waals surface area contributed by atoms with Gasteiger partial charge in [0.2, 0.25) is 0 Å². The highest BCUT2D eigenvalue weighted by atomic mass is 32.1. The van der Waals surface area contributed by atoms with Crippen LogP contribution in [-0.4, -0.2) is 12.6 Å². The standard InChI is InChI=1S/C13H23NOS/c1-10(14)12(11-6-5-9-16-11)15-8-7-13(2,3)4/h5-6,9-10,12H,7-8,14H2,1-4H3. The highest BCUT2D eigenvalue weighted by molar-refractivity contribution is 7.10. The molecule has 1 aromatic rings. The molecule has 0 aliphatic heterocycles. The van der Waals surface area contributed by atoms with Crippen LogP contribution in [0.25, 0.3) is 0 Å². The number of ether oxygens (including phenoxy) is 1.